The van der Waals surface area contributed by atoms with E-state index in [1.165, 1.54) is 11.3 Å². The van der Waals surface area contributed by atoms with Crippen molar-refractivity contribution in [2.24, 2.45) is 0 Å². The summed E-state index contributed by atoms with van der Waals surface area (Å²) in [5.74, 6) is -0.765. The Labute approximate surface area is 200 Å². The smallest absolute Gasteiger partial charge is 0.340 e. The van der Waals surface area contributed by atoms with Crippen molar-refractivity contribution in [2.75, 3.05) is 43.1 Å². The zero-order valence-electron chi connectivity index (χ0n) is 17.5. The van der Waals surface area contributed by atoms with E-state index in [1.54, 1.807) is 30.3 Å². The highest BCUT2D eigenvalue weighted by atomic mass is 35.5. The topological polar surface area (TPSA) is 67.9 Å². The number of fused-ring (bicyclic) bond motifs is 1. The van der Waals surface area contributed by atoms with E-state index in [0.29, 0.717) is 59.1 Å². The summed E-state index contributed by atoms with van der Waals surface area (Å²) in [6.07, 6.45) is 0.726. The van der Waals surface area contributed by atoms with E-state index in [0.717, 1.165) is 22.2 Å². The van der Waals surface area contributed by atoms with E-state index < -0.39 is 5.97 Å². The molecule has 0 saturated carbocycles. The number of halogens is 2. The Morgan fingerprint density at radius 3 is 2.69 bits per heavy atom. The van der Waals surface area contributed by atoms with E-state index in [9.17, 15) is 9.59 Å². The number of ether oxygens (including phenoxy) is 2. The van der Waals surface area contributed by atoms with Crippen LogP contribution in [0.4, 0.5) is 11.4 Å². The van der Waals surface area contributed by atoms with Crippen molar-refractivity contribution < 1.29 is 19.1 Å². The van der Waals surface area contributed by atoms with E-state index >= 15 is 0 Å². The molecule has 32 heavy (non-hydrogen) atoms. The Hall–Kier alpha value is -2.32. The van der Waals surface area contributed by atoms with E-state index in [2.05, 4.69) is 10.2 Å². The van der Waals surface area contributed by atoms with Gasteiger partial charge in [0, 0.05) is 33.9 Å². The van der Waals surface area contributed by atoms with Crippen LogP contribution in [0.5, 0.6) is 0 Å². The maximum Gasteiger partial charge on any atom is 0.340 e. The molecule has 0 atom stereocenters. The van der Waals surface area contributed by atoms with Gasteiger partial charge in [-0.2, -0.15) is 0 Å². The van der Waals surface area contributed by atoms with Gasteiger partial charge >= 0.3 is 5.97 Å². The molecule has 0 unspecified atom stereocenters. The fraction of sp³-hybridized carbons (Fsp3) is 0.304. The number of nitrogens with zero attached hydrogens (tertiary/aromatic N) is 1. The molecular formula is C23H22Cl2N2O4S. The Morgan fingerprint density at radius 1 is 1.16 bits per heavy atom. The van der Waals surface area contributed by atoms with Gasteiger partial charge in [0.15, 0.2) is 0 Å². The molecule has 1 fully saturated rings. The molecule has 2 aromatic carbocycles. The quantitative estimate of drug-likeness (QED) is 0.436. The Bertz CT molecular complexity index is 1160. The second kappa shape index (κ2) is 10.1. The van der Waals surface area contributed by atoms with Gasteiger partial charge in [0.1, 0.15) is 4.88 Å². The van der Waals surface area contributed by atoms with Crippen LogP contribution in [0.25, 0.3) is 10.1 Å². The first-order chi connectivity index (χ1) is 15.5. The summed E-state index contributed by atoms with van der Waals surface area (Å²) in [4.78, 5) is 28.2. The fourth-order valence-corrected chi connectivity index (χ4v) is 5.19. The summed E-state index contributed by atoms with van der Waals surface area (Å²) >= 11 is 13.8. The van der Waals surface area contributed by atoms with Gasteiger partial charge in [-0.25, -0.2) is 4.79 Å². The number of thiophene rings is 1. The lowest BCUT2D eigenvalue weighted by Crippen LogP contribution is -2.37. The van der Waals surface area contributed by atoms with Crippen LogP contribution in [0.15, 0.2) is 36.4 Å². The van der Waals surface area contributed by atoms with Crippen molar-refractivity contribution >= 4 is 67.9 Å². The minimum absolute atomic E-state index is 0.331. The summed E-state index contributed by atoms with van der Waals surface area (Å²) in [5, 5.41) is 4.60. The molecule has 1 N–H and O–H groups in total. The molecule has 2 heterocycles. The van der Waals surface area contributed by atoms with E-state index in [-0.39, 0.29) is 5.91 Å². The van der Waals surface area contributed by atoms with Crippen molar-refractivity contribution in [1.29, 1.82) is 0 Å². The number of anilines is 2. The van der Waals surface area contributed by atoms with Crippen LogP contribution in [0, 0.1) is 0 Å². The van der Waals surface area contributed by atoms with Crippen LogP contribution >= 0.6 is 34.5 Å². The zero-order valence-corrected chi connectivity index (χ0v) is 19.8. The zero-order chi connectivity index (χ0) is 22.7. The molecule has 4 rings (SSSR count). The number of esters is 1. The molecule has 1 aliphatic rings. The number of amides is 1. The lowest BCUT2D eigenvalue weighted by Gasteiger charge is -2.30. The number of rotatable bonds is 6. The molecule has 1 aromatic heterocycles. The molecule has 9 heteroatoms. The van der Waals surface area contributed by atoms with Gasteiger partial charge in [-0.3, -0.25) is 4.79 Å². The monoisotopic (exact) mass is 492 g/mol. The number of hydrogen-bond acceptors (Lipinski definition) is 6. The van der Waals surface area contributed by atoms with Crippen molar-refractivity contribution in [1.82, 2.24) is 0 Å². The predicted octanol–water partition coefficient (Wildman–Crippen LogP) is 5.86. The Balaban J connectivity index is 1.62. The largest absolute Gasteiger partial charge is 0.462 e. The average molecular weight is 493 g/mol. The van der Waals surface area contributed by atoms with Crippen LogP contribution in [0.1, 0.15) is 33.4 Å². The van der Waals surface area contributed by atoms with Crippen molar-refractivity contribution in [3.8, 4) is 0 Å². The molecule has 1 amide bonds. The summed E-state index contributed by atoms with van der Waals surface area (Å²) in [7, 11) is 0. The minimum Gasteiger partial charge on any atom is -0.462 e. The second-order valence-electron chi connectivity index (χ2n) is 7.31. The van der Waals surface area contributed by atoms with Gasteiger partial charge in [-0.05, 0) is 36.8 Å². The highest BCUT2D eigenvalue weighted by molar-refractivity contribution is 7.21. The predicted molar refractivity (Wildman–Crippen MR) is 130 cm³/mol. The third-order valence-electron chi connectivity index (χ3n) is 5.06. The van der Waals surface area contributed by atoms with Crippen molar-refractivity contribution in [2.45, 2.75) is 13.3 Å². The summed E-state index contributed by atoms with van der Waals surface area (Å²) < 4.78 is 11.6. The SMILES string of the molecule is CCCOC(=O)c1cc(NC(=O)c2sc3cc(Cl)ccc3c2Cl)ccc1N1CCOCC1. The number of benzene rings is 2. The number of hydrogen-bond donors (Lipinski definition) is 1. The Morgan fingerprint density at radius 2 is 1.94 bits per heavy atom. The van der Waals surface area contributed by atoms with Gasteiger partial charge in [0.05, 0.1) is 36.1 Å². The first-order valence-corrected chi connectivity index (χ1v) is 11.9. The fourth-order valence-electron chi connectivity index (χ4n) is 3.50. The van der Waals surface area contributed by atoms with E-state index in [1.807, 2.05) is 13.0 Å². The number of carbonyl (C=O) groups is 2. The maximum atomic E-state index is 13.0. The lowest BCUT2D eigenvalue weighted by atomic mass is 10.1. The Kier molecular flexibility index (Phi) is 7.20. The molecule has 1 aliphatic heterocycles. The standard InChI is InChI=1S/C23H22Cl2N2O4S/c1-2-9-31-23(29)17-13-15(4-6-18(17)27-7-10-30-11-8-27)26-22(28)21-20(25)16-5-3-14(24)12-19(16)32-21/h3-6,12-13H,2,7-11H2,1H3,(H,26,28). The molecule has 0 radical (unpaired) electrons. The molecule has 1 saturated heterocycles. The van der Waals surface area contributed by atoms with Crippen LogP contribution in [0.3, 0.4) is 0 Å². The normalized spacial score (nSPS) is 13.9. The van der Waals surface area contributed by atoms with Crippen LogP contribution in [-0.2, 0) is 9.47 Å². The third kappa shape index (κ3) is 4.86. The van der Waals surface area contributed by atoms with Crippen LogP contribution < -0.4 is 10.2 Å². The maximum absolute atomic E-state index is 13.0. The molecule has 0 bridgehead atoms. The second-order valence-corrected chi connectivity index (χ2v) is 9.17. The van der Waals surface area contributed by atoms with E-state index in [4.69, 9.17) is 32.7 Å². The van der Waals surface area contributed by atoms with Crippen LogP contribution in [-0.4, -0.2) is 44.8 Å². The average Bonchev–Trinajstić information content (AvgIpc) is 3.13. The molecule has 3 aromatic rings. The molecular weight excluding hydrogens is 471 g/mol. The number of morpholine rings is 1. The highest BCUT2D eigenvalue weighted by Crippen LogP contribution is 2.37. The minimum atomic E-state index is -0.418. The van der Waals surface area contributed by atoms with Gasteiger partial charge in [-0.15, -0.1) is 11.3 Å². The molecule has 168 valence electrons. The van der Waals surface area contributed by atoms with Crippen molar-refractivity contribution in [3.05, 3.63) is 56.9 Å². The number of nitrogens with one attached hydrogen (secondary N) is 1. The van der Waals surface area contributed by atoms with Crippen LogP contribution in [0.2, 0.25) is 10.0 Å². The first kappa shape index (κ1) is 22.9. The van der Waals surface area contributed by atoms with Gasteiger partial charge in [0.2, 0.25) is 0 Å². The highest BCUT2D eigenvalue weighted by Gasteiger charge is 2.22. The number of carbonyl (C=O) groups excluding carboxylic acids is 2. The van der Waals surface area contributed by atoms with Gasteiger partial charge in [0.25, 0.3) is 5.91 Å². The van der Waals surface area contributed by atoms with Gasteiger partial charge in [-0.1, -0.05) is 36.2 Å². The third-order valence-corrected chi connectivity index (χ3v) is 6.95. The lowest BCUT2D eigenvalue weighted by molar-refractivity contribution is 0.0504. The summed E-state index contributed by atoms with van der Waals surface area (Å²) in [6.45, 7) is 4.82. The first-order valence-electron chi connectivity index (χ1n) is 10.3. The summed E-state index contributed by atoms with van der Waals surface area (Å²) in [5.41, 5.74) is 1.66. The van der Waals surface area contributed by atoms with Gasteiger partial charge < -0.3 is 19.7 Å². The molecule has 0 spiro atoms. The molecule has 0 aliphatic carbocycles. The summed E-state index contributed by atoms with van der Waals surface area (Å²) in [6, 6.07) is 10.6. The van der Waals surface area contributed by atoms with Crippen molar-refractivity contribution in [3.63, 3.8) is 0 Å². The molecule has 6 nitrogen and oxygen atoms in total.